The van der Waals surface area contributed by atoms with Gasteiger partial charge in [-0.05, 0) is 36.8 Å². The smallest absolute Gasteiger partial charge is 0.344 e. The fraction of sp³-hybridized carbons (Fsp3) is 0.278. The van der Waals surface area contributed by atoms with E-state index in [-0.39, 0.29) is 5.63 Å². The molecule has 4 nitrogen and oxygen atoms in total. The van der Waals surface area contributed by atoms with E-state index in [1.807, 2.05) is 37.3 Å². The minimum absolute atomic E-state index is 0.328. The maximum absolute atomic E-state index is 12.2. The van der Waals surface area contributed by atoms with Crippen LogP contribution in [0, 0.1) is 12.8 Å². The monoisotopic (exact) mass is 296 g/mol. The third kappa shape index (κ3) is 2.25. The molecule has 3 aromatic rings. The standard InChI is InChI=1S/C18H16O4/c1-11-2-4-15-14-5-3-13(21-10-12-8-20-9-12)7-16(14)18(19)22-17(15)6-11/h2-7,12H,8-10H2,1H3. The summed E-state index contributed by atoms with van der Waals surface area (Å²) in [7, 11) is 0. The zero-order valence-electron chi connectivity index (χ0n) is 12.3. The van der Waals surface area contributed by atoms with Crippen LogP contribution in [0.5, 0.6) is 5.75 Å². The van der Waals surface area contributed by atoms with Crippen molar-refractivity contribution in [3.63, 3.8) is 0 Å². The molecule has 1 aliphatic rings. The molecule has 0 aliphatic carbocycles. The number of aryl methyl sites for hydroxylation is 1. The average Bonchev–Trinajstić information content (AvgIpc) is 2.45. The number of hydrogen-bond acceptors (Lipinski definition) is 4. The summed E-state index contributed by atoms with van der Waals surface area (Å²) in [6, 6.07) is 11.5. The van der Waals surface area contributed by atoms with Crippen LogP contribution in [0.3, 0.4) is 0 Å². The summed E-state index contributed by atoms with van der Waals surface area (Å²) in [6.45, 7) is 4.09. The van der Waals surface area contributed by atoms with Crippen molar-refractivity contribution in [2.45, 2.75) is 6.92 Å². The average molecular weight is 296 g/mol. The lowest BCUT2D eigenvalue weighted by Crippen LogP contribution is -2.32. The molecule has 0 saturated carbocycles. The number of fused-ring (bicyclic) bond motifs is 3. The van der Waals surface area contributed by atoms with Gasteiger partial charge in [0.25, 0.3) is 0 Å². The number of benzene rings is 2. The summed E-state index contributed by atoms with van der Waals surface area (Å²) < 4.78 is 16.3. The zero-order valence-corrected chi connectivity index (χ0v) is 12.3. The number of ether oxygens (including phenoxy) is 2. The summed E-state index contributed by atoms with van der Waals surface area (Å²) in [6.07, 6.45) is 0. The van der Waals surface area contributed by atoms with Crippen LogP contribution in [-0.4, -0.2) is 19.8 Å². The van der Waals surface area contributed by atoms with E-state index in [0.717, 1.165) is 29.5 Å². The fourth-order valence-electron chi connectivity index (χ4n) is 2.70. The summed E-state index contributed by atoms with van der Waals surface area (Å²) >= 11 is 0. The summed E-state index contributed by atoms with van der Waals surface area (Å²) in [5.74, 6) is 1.14. The Labute approximate surface area is 127 Å². The molecule has 0 bridgehead atoms. The Morgan fingerprint density at radius 3 is 2.68 bits per heavy atom. The van der Waals surface area contributed by atoms with Crippen molar-refractivity contribution >= 4 is 21.7 Å². The van der Waals surface area contributed by atoms with Crippen LogP contribution in [0.1, 0.15) is 5.56 Å². The highest BCUT2D eigenvalue weighted by molar-refractivity contribution is 6.04. The van der Waals surface area contributed by atoms with Crippen LogP contribution in [0.4, 0.5) is 0 Å². The van der Waals surface area contributed by atoms with Gasteiger partial charge in [-0.25, -0.2) is 4.79 Å². The van der Waals surface area contributed by atoms with E-state index in [2.05, 4.69) is 0 Å². The van der Waals surface area contributed by atoms with Gasteiger partial charge in [-0.3, -0.25) is 0 Å². The molecule has 1 aliphatic heterocycles. The maximum Gasteiger partial charge on any atom is 0.344 e. The van der Waals surface area contributed by atoms with Gasteiger partial charge in [-0.15, -0.1) is 0 Å². The molecule has 0 spiro atoms. The molecule has 4 rings (SSSR count). The largest absolute Gasteiger partial charge is 0.493 e. The fourth-order valence-corrected chi connectivity index (χ4v) is 2.70. The second-order valence-corrected chi connectivity index (χ2v) is 5.81. The van der Waals surface area contributed by atoms with Crippen molar-refractivity contribution in [3.8, 4) is 5.75 Å². The highest BCUT2D eigenvalue weighted by Crippen LogP contribution is 2.27. The van der Waals surface area contributed by atoms with Crippen LogP contribution >= 0.6 is 0 Å². The van der Waals surface area contributed by atoms with E-state index < -0.39 is 0 Å². The Kier molecular flexibility index (Phi) is 3.12. The van der Waals surface area contributed by atoms with Crippen molar-refractivity contribution in [1.82, 2.24) is 0 Å². The third-order valence-corrected chi connectivity index (χ3v) is 4.03. The summed E-state index contributed by atoms with van der Waals surface area (Å²) in [4.78, 5) is 12.2. The Hall–Kier alpha value is -2.33. The summed E-state index contributed by atoms with van der Waals surface area (Å²) in [5.41, 5.74) is 1.36. The molecule has 0 N–H and O–H groups in total. The lowest BCUT2D eigenvalue weighted by atomic mass is 10.1. The quantitative estimate of drug-likeness (QED) is 0.550. The summed E-state index contributed by atoms with van der Waals surface area (Å²) in [5, 5.41) is 2.39. The molecule has 1 saturated heterocycles. The van der Waals surface area contributed by atoms with E-state index in [1.165, 1.54) is 0 Å². The Morgan fingerprint density at radius 1 is 1.09 bits per heavy atom. The highest BCUT2D eigenvalue weighted by atomic mass is 16.5. The lowest BCUT2D eigenvalue weighted by molar-refractivity contribution is -0.0508. The second kappa shape index (κ2) is 5.14. The first-order valence-corrected chi connectivity index (χ1v) is 7.38. The van der Waals surface area contributed by atoms with Gasteiger partial charge in [0.05, 0.1) is 25.2 Å². The van der Waals surface area contributed by atoms with Crippen LogP contribution in [0.15, 0.2) is 45.6 Å². The molecule has 2 heterocycles. The molecule has 4 heteroatoms. The Bertz CT molecular complexity index is 906. The SMILES string of the molecule is Cc1ccc2c(c1)oc(=O)c1cc(OCC3COC3)ccc12. The molecule has 1 fully saturated rings. The van der Waals surface area contributed by atoms with E-state index in [9.17, 15) is 4.79 Å². The molecule has 2 aromatic carbocycles. The van der Waals surface area contributed by atoms with Gasteiger partial charge in [-0.2, -0.15) is 0 Å². The molecular formula is C18H16O4. The van der Waals surface area contributed by atoms with Crippen molar-refractivity contribution < 1.29 is 13.9 Å². The molecule has 22 heavy (non-hydrogen) atoms. The Balaban J connectivity index is 1.78. The highest BCUT2D eigenvalue weighted by Gasteiger charge is 2.19. The normalized spacial score (nSPS) is 15.1. The molecular weight excluding hydrogens is 280 g/mol. The number of rotatable bonds is 3. The second-order valence-electron chi connectivity index (χ2n) is 5.81. The van der Waals surface area contributed by atoms with Gasteiger partial charge in [0, 0.05) is 16.7 Å². The minimum Gasteiger partial charge on any atom is -0.493 e. The predicted octanol–water partition coefficient (Wildman–Crippen LogP) is 3.28. The van der Waals surface area contributed by atoms with Gasteiger partial charge in [0.2, 0.25) is 0 Å². The van der Waals surface area contributed by atoms with E-state index >= 15 is 0 Å². The molecule has 0 radical (unpaired) electrons. The maximum atomic E-state index is 12.2. The lowest BCUT2D eigenvalue weighted by Gasteiger charge is -2.25. The van der Waals surface area contributed by atoms with E-state index in [1.54, 1.807) is 6.07 Å². The first-order valence-electron chi connectivity index (χ1n) is 7.38. The molecule has 112 valence electrons. The topological polar surface area (TPSA) is 48.7 Å². The molecule has 0 amide bonds. The van der Waals surface area contributed by atoms with Crippen LogP contribution in [-0.2, 0) is 4.74 Å². The zero-order chi connectivity index (χ0) is 15.1. The van der Waals surface area contributed by atoms with E-state index in [4.69, 9.17) is 13.9 Å². The van der Waals surface area contributed by atoms with Gasteiger partial charge < -0.3 is 13.9 Å². The first kappa shape index (κ1) is 13.3. The first-order chi connectivity index (χ1) is 10.7. The van der Waals surface area contributed by atoms with E-state index in [0.29, 0.717) is 29.2 Å². The van der Waals surface area contributed by atoms with Crippen LogP contribution in [0.2, 0.25) is 0 Å². The van der Waals surface area contributed by atoms with Crippen molar-refractivity contribution in [2.75, 3.05) is 19.8 Å². The van der Waals surface area contributed by atoms with Crippen molar-refractivity contribution in [3.05, 3.63) is 52.4 Å². The Morgan fingerprint density at radius 2 is 1.91 bits per heavy atom. The van der Waals surface area contributed by atoms with Gasteiger partial charge in [-0.1, -0.05) is 12.1 Å². The minimum atomic E-state index is -0.328. The van der Waals surface area contributed by atoms with Gasteiger partial charge in [0.1, 0.15) is 11.3 Å². The molecule has 0 atom stereocenters. The predicted molar refractivity (Wildman–Crippen MR) is 84.5 cm³/mol. The van der Waals surface area contributed by atoms with Crippen molar-refractivity contribution in [1.29, 1.82) is 0 Å². The van der Waals surface area contributed by atoms with Gasteiger partial charge >= 0.3 is 5.63 Å². The van der Waals surface area contributed by atoms with Crippen molar-refractivity contribution in [2.24, 2.45) is 5.92 Å². The molecule has 1 aromatic heterocycles. The third-order valence-electron chi connectivity index (χ3n) is 4.03. The molecule has 0 unspecified atom stereocenters. The van der Waals surface area contributed by atoms with Crippen LogP contribution in [0.25, 0.3) is 21.7 Å². The van der Waals surface area contributed by atoms with Gasteiger partial charge in [0.15, 0.2) is 0 Å². The number of hydrogen-bond donors (Lipinski definition) is 0. The van der Waals surface area contributed by atoms with Crippen LogP contribution < -0.4 is 10.4 Å².